The van der Waals surface area contributed by atoms with Gasteiger partial charge in [0.15, 0.2) is 0 Å². The van der Waals surface area contributed by atoms with E-state index in [1.807, 2.05) is 11.0 Å². The Kier molecular flexibility index (Phi) is 7.10. The zero-order chi connectivity index (χ0) is 27.2. The minimum absolute atomic E-state index is 0.238. The van der Waals surface area contributed by atoms with Gasteiger partial charge in [0.25, 0.3) is 10.2 Å². The topological polar surface area (TPSA) is 150 Å². The average molecular weight is 542 g/mol. The van der Waals surface area contributed by atoms with Crippen LogP contribution >= 0.6 is 0 Å². The Labute approximate surface area is 211 Å². The number of methoxy groups -OCH3 is 1. The van der Waals surface area contributed by atoms with Gasteiger partial charge >= 0.3 is 6.18 Å². The summed E-state index contributed by atoms with van der Waals surface area (Å²) >= 11 is 0. The number of alkyl halides is 3. The molecular formula is C23H26F3N5O5S. The third-order valence-corrected chi connectivity index (χ3v) is 8.10. The summed E-state index contributed by atoms with van der Waals surface area (Å²) in [6.07, 6.45) is -6.67. The number of anilines is 1. The number of carbonyl (C=O) groups excluding carboxylic acids is 1. The molecule has 1 unspecified atom stereocenters. The van der Waals surface area contributed by atoms with Gasteiger partial charge in [-0.15, -0.1) is 0 Å². The maximum absolute atomic E-state index is 12.5. The van der Waals surface area contributed by atoms with E-state index in [0.29, 0.717) is 42.8 Å². The zero-order valence-corrected chi connectivity index (χ0v) is 20.7. The van der Waals surface area contributed by atoms with Crippen molar-refractivity contribution in [1.29, 1.82) is 5.26 Å². The molecule has 200 valence electrons. The number of fused-ring (bicyclic) bond motifs is 1. The minimum atomic E-state index is -4.85. The van der Waals surface area contributed by atoms with Gasteiger partial charge in [0, 0.05) is 48.6 Å². The molecule has 2 aromatic rings. The lowest BCUT2D eigenvalue weighted by atomic mass is 9.60. The molecule has 1 aliphatic heterocycles. The number of halogens is 3. The minimum Gasteiger partial charge on any atom is -0.497 e. The predicted molar refractivity (Wildman–Crippen MR) is 127 cm³/mol. The molecule has 2 aliphatic rings. The number of Topliss-reactive ketones (excluding diaryl/α,β-unsaturated/α-hetero) is 1. The quantitative estimate of drug-likeness (QED) is 0.489. The first-order valence-electron chi connectivity index (χ1n) is 11.4. The van der Waals surface area contributed by atoms with Crippen molar-refractivity contribution in [3.05, 3.63) is 30.0 Å². The van der Waals surface area contributed by atoms with Crippen molar-refractivity contribution in [2.24, 2.45) is 10.6 Å². The smallest absolute Gasteiger partial charge is 0.414 e. The molecule has 1 saturated carbocycles. The third kappa shape index (κ3) is 5.49. The number of hydrogen-bond acceptors (Lipinski definition) is 8. The van der Waals surface area contributed by atoms with Crippen LogP contribution in [0.4, 0.5) is 18.9 Å². The summed E-state index contributed by atoms with van der Waals surface area (Å²) in [5, 5.41) is 24.8. The molecule has 1 saturated heterocycles. The molecule has 4 rings (SSSR count). The highest BCUT2D eigenvalue weighted by Gasteiger charge is 2.56. The van der Waals surface area contributed by atoms with Crippen LogP contribution in [0.3, 0.4) is 0 Å². The molecule has 0 amide bonds. The molecule has 1 spiro atoms. The van der Waals surface area contributed by atoms with E-state index in [1.54, 1.807) is 19.2 Å². The van der Waals surface area contributed by atoms with Crippen LogP contribution in [0.5, 0.6) is 5.75 Å². The maximum atomic E-state index is 12.5. The summed E-state index contributed by atoms with van der Waals surface area (Å²) in [7, 11) is -2.74. The molecular weight excluding hydrogens is 515 g/mol. The van der Waals surface area contributed by atoms with E-state index in [4.69, 9.17) is 15.0 Å². The lowest BCUT2D eigenvalue weighted by Crippen LogP contribution is -2.68. The number of aliphatic hydroxyl groups is 1. The first-order chi connectivity index (χ1) is 17.3. The van der Waals surface area contributed by atoms with Crippen LogP contribution in [0, 0.1) is 16.7 Å². The molecule has 2 fully saturated rings. The van der Waals surface area contributed by atoms with Crippen LogP contribution < -0.4 is 14.8 Å². The van der Waals surface area contributed by atoms with E-state index >= 15 is 0 Å². The second kappa shape index (κ2) is 9.71. The first kappa shape index (κ1) is 27.1. The fourth-order valence-corrected chi connectivity index (χ4v) is 6.06. The Balaban J connectivity index is 1.41. The number of aliphatic hydroxyl groups excluding tert-OH is 1. The number of carbonyl (C=O) groups is 1. The molecule has 1 aromatic heterocycles. The SMILES string of the molecule is COc1ccc2c(N3CC4(CC(N(CC(=O)CCC(O)C(F)(F)F)S(N)(=O)=O)C4)C3)c(C#N)cnc2c1. The van der Waals surface area contributed by atoms with Gasteiger partial charge < -0.3 is 14.7 Å². The predicted octanol–water partition coefficient (Wildman–Crippen LogP) is 1.86. The van der Waals surface area contributed by atoms with E-state index in [1.165, 1.54) is 6.20 Å². The first-order valence-corrected chi connectivity index (χ1v) is 12.9. The van der Waals surface area contributed by atoms with Gasteiger partial charge in [-0.05, 0) is 31.4 Å². The highest BCUT2D eigenvalue weighted by Crippen LogP contribution is 2.53. The number of nitrogens with two attached hydrogens (primary N) is 1. The standard InChI is InChI=1S/C23H26F3N5O5S/c1-36-17-3-4-18-19(6-17)29-10-14(9-27)21(18)30-12-22(13-30)7-15(8-22)31(37(28,34)35)11-16(32)2-5-20(33)23(24,25)26/h3-4,6,10,15,20,33H,2,5,7-8,11-13H2,1H3,(H2,28,34,35). The molecule has 0 bridgehead atoms. The van der Waals surface area contributed by atoms with E-state index in [2.05, 4.69) is 11.1 Å². The molecule has 2 heterocycles. The number of hydrogen-bond donors (Lipinski definition) is 2. The highest BCUT2D eigenvalue weighted by molar-refractivity contribution is 7.86. The van der Waals surface area contributed by atoms with Crippen molar-refractivity contribution in [1.82, 2.24) is 9.29 Å². The number of rotatable bonds is 9. The highest BCUT2D eigenvalue weighted by atomic mass is 32.2. The second-order valence-electron chi connectivity index (χ2n) is 9.66. The number of nitrogens with zero attached hydrogens (tertiary/aromatic N) is 4. The summed E-state index contributed by atoms with van der Waals surface area (Å²) in [5.41, 5.74) is 1.56. The largest absolute Gasteiger partial charge is 0.497 e. The van der Waals surface area contributed by atoms with Crippen LogP contribution in [0.25, 0.3) is 10.9 Å². The van der Waals surface area contributed by atoms with Crippen LogP contribution in [0.1, 0.15) is 31.2 Å². The summed E-state index contributed by atoms with van der Waals surface area (Å²) in [5.74, 6) is -0.131. The Bertz CT molecular complexity index is 1350. The number of ketones is 1. The Morgan fingerprint density at radius 3 is 2.65 bits per heavy atom. The van der Waals surface area contributed by atoms with Crippen molar-refractivity contribution < 1.29 is 36.2 Å². The van der Waals surface area contributed by atoms with Gasteiger partial charge in [-0.1, -0.05) is 0 Å². The summed E-state index contributed by atoms with van der Waals surface area (Å²) in [6, 6.07) is 6.97. The van der Waals surface area contributed by atoms with Crippen LogP contribution in [0.2, 0.25) is 0 Å². The van der Waals surface area contributed by atoms with Crippen molar-refractivity contribution in [2.45, 2.75) is 44.0 Å². The second-order valence-corrected chi connectivity index (χ2v) is 11.2. The Hall–Kier alpha value is -2.99. The third-order valence-electron chi connectivity index (χ3n) is 7.02. The Morgan fingerprint density at radius 1 is 1.41 bits per heavy atom. The fraction of sp³-hybridized carbons (Fsp3) is 0.522. The fourth-order valence-electron chi connectivity index (χ4n) is 5.17. The molecule has 14 heteroatoms. The lowest BCUT2D eigenvalue weighted by molar-refractivity contribution is -0.205. The van der Waals surface area contributed by atoms with E-state index in [0.717, 1.165) is 15.4 Å². The average Bonchev–Trinajstić information content (AvgIpc) is 2.77. The molecule has 0 radical (unpaired) electrons. The monoisotopic (exact) mass is 541 g/mol. The maximum Gasteiger partial charge on any atom is 0.414 e. The van der Waals surface area contributed by atoms with E-state index < -0.39 is 53.7 Å². The van der Waals surface area contributed by atoms with Gasteiger partial charge in [0.1, 0.15) is 23.7 Å². The van der Waals surface area contributed by atoms with E-state index in [-0.39, 0.29) is 5.41 Å². The van der Waals surface area contributed by atoms with Crippen molar-refractivity contribution >= 4 is 32.6 Å². The molecule has 1 aliphatic carbocycles. The van der Waals surface area contributed by atoms with Gasteiger partial charge in [-0.25, -0.2) is 5.14 Å². The molecule has 37 heavy (non-hydrogen) atoms. The van der Waals surface area contributed by atoms with Crippen LogP contribution in [-0.2, 0) is 15.0 Å². The van der Waals surface area contributed by atoms with E-state index in [9.17, 15) is 31.6 Å². The van der Waals surface area contributed by atoms with Gasteiger partial charge in [-0.3, -0.25) is 9.78 Å². The molecule has 3 N–H and O–H groups in total. The number of pyridine rings is 1. The van der Waals surface area contributed by atoms with Crippen molar-refractivity contribution in [3.8, 4) is 11.8 Å². The molecule has 1 atom stereocenters. The Morgan fingerprint density at radius 2 is 2.08 bits per heavy atom. The number of nitriles is 1. The summed E-state index contributed by atoms with van der Waals surface area (Å²) in [4.78, 5) is 18.6. The number of benzene rings is 1. The summed E-state index contributed by atoms with van der Waals surface area (Å²) in [6.45, 7) is 0.449. The van der Waals surface area contributed by atoms with Gasteiger partial charge in [0.2, 0.25) is 0 Å². The number of ether oxygens (including phenoxy) is 1. The normalized spacial score (nSPS) is 18.4. The van der Waals surface area contributed by atoms with Gasteiger partial charge in [-0.2, -0.15) is 31.2 Å². The molecule has 10 nitrogen and oxygen atoms in total. The zero-order valence-electron chi connectivity index (χ0n) is 19.9. The van der Waals surface area contributed by atoms with Crippen molar-refractivity contribution in [2.75, 3.05) is 31.6 Å². The summed E-state index contributed by atoms with van der Waals surface area (Å²) < 4.78 is 67.8. The molecule has 1 aromatic carbocycles. The van der Waals surface area contributed by atoms with Crippen LogP contribution in [0.15, 0.2) is 24.4 Å². The van der Waals surface area contributed by atoms with Crippen LogP contribution in [-0.4, -0.2) is 73.7 Å². The van der Waals surface area contributed by atoms with Gasteiger partial charge in [0.05, 0.1) is 30.4 Å². The van der Waals surface area contributed by atoms with Crippen molar-refractivity contribution in [3.63, 3.8) is 0 Å². The number of aromatic nitrogens is 1. The lowest BCUT2D eigenvalue weighted by Gasteiger charge is -2.61.